The molecule has 10 nitrogen and oxygen atoms in total. The minimum Gasteiger partial charge on any atom is -0.465 e. The SMILES string of the molecule is CCOc1nc2ccc(NC(=O)[C@H](Cc3ccccc3)NC(=O)C3CCC(CNC(=O)OC(C)(C)C)CC3)cc2[nH]1. The monoisotopic (exact) mass is 563 g/mol. The van der Waals surface area contributed by atoms with Crippen molar-refractivity contribution in [1.29, 1.82) is 0 Å². The summed E-state index contributed by atoms with van der Waals surface area (Å²) >= 11 is 0. The van der Waals surface area contributed by atoms with Gasteiger partial charge in [-0.3, -0.25) is 9.59 Å². The van der Waals surface area contributed by atoms with Crippen molar-refractivity contribution < 1.29 is 23.9 Å². The number of anilines is 1. The van der Waals surface area contributed by atoms with Gasteiger partial charge in [0.25, 0.3) is 6.01 Å². The van der Waals surface area contributed by atoms with Crippen LogP contribution in [0.2, 0.25) is 0 Å². The first-order valence-corrected chi connectivity index (χ1v) is 14.3. The molecule has 4 rings (SSSR count). The number of carbonyl (C=O) groups excluding carboxylic acids is 3. The Balaban J connectivity index is 1.35. The summed E-state index contributed by atoms with van der Waals surface area (Å²) in [6, 6.07) is 14.7. The fraction of sp³-hybridized carbons (Fsp3) is 0.484. The van der Waals surface area contributed by atoms with E-state index in [0.717, 1.165) is 29.4 Å². The number of hydrogen-bond acceptors (Lipinski definition) is 6. The quantitative estimate of drug-likeness (QED) is 0.276. The van der Waals surface area contributed by atoms with E-state index < -0.39 is 17.7 Å². The van der Waals surface area contributed by atoms with Crippen molar-refractivity contribution in [3.05, 3.63) is 54.1 Å². The summed E-state index contributed by atoms with van der Waals surface area (Å²) in [5, 5.41) is 8.82. The number of rotatable bonds is 10. The molecule has 1 fully saturated rings. The molecule has 1 aliphatic carbocycles. The van der Waals surface area contributed by atoms with Gasteiger partial charge in [0.1, 0.15) is 11.6 Å². The van der Waals surface area contributed by atoms with Crippen LogP contribution in [0.25, 0.3) is 11.0 Å². The molecular weight excluding hydrogens is 522 g/mol. The minimum absolute atomic E-state index is 0.120. The molecule has 0 aliphatic heterocycles. The predicted octanol–water partition coefficient (Wildman–Crippen LogP) is 4.96. The lowest BCUT2D eigenvalue weighted by Crippen LogP contribution is -2.48. The highest BCUT2D eigenvalue weighted by Gasteiger charge is 2.30. The third-order valence-electron chi connectivity index (χ3n) is 7.08. The van der Waals surface area contributed by atoms with Gasteiger partial charge < -0.3 is 30.4 Å². The molecule has 3 aromatic rings. The maximum atomic E-state index is 13.5. The van der Waals surface area contributed by atoms with Crippen molar-refractivity contribution in [3.63, 3.8) is 0 Å². The average Bonchev–Trinajstić information content (AvgIpc) is 3.33. The van der Waals surface area contributed by atoms with E-state index >= 15 is 0 Å². The van der Waals surface area contributed by atoms with Gasteiger partial charge in [-0.05, 0) is 83.1 Å². The van der Waals surface area contributed by atoms with Gasteiger partial charge in [-0.25, -0.2) is 4.79 Å². The van der Waals surface area contributed by atoms with E-state index in [1.54, 1.807) is 12.1 Å². The van der Waals surface area contributed by atoms with Crippen molar-refractivity contribution >= 4 is 34.6 Å². The number of benzene rings is 2. The maximum absolute atomic E-state index is 13.5. The van der Waals surface area contributed by atoms with Gasteiger partial charge in [-0.15, -0.1) is 0 Å². The number of H-pyrrole nitrogens is 1. The highest BCUT2D eigenvalue weighted by atomic mass is 16.6. The normalized spacial score (nSPS) is 17.9. The lowest BCUT2D eigenvalue weighted by atomic mass is 9.81. The second-order valence-corrected chi connectivity index (χ2v) is 11.5. The van der Waals surface area contributed by atoms with Gasteiger partial charge in [0.2, 0.25) is 11.8 Å². The number of carbonyl (C=O) groups is 3. The highest BCUT2D eigenvalue weighted by molar-refractivity contribution is 5.98. The molecular formula is C31H41N5O5. The average molecular weight is 564 g/mol. The fourth-order valence-corrected chi connectivity index (χ4v) is 5.02. The molecule has 4 N–H and O–H groups in total. The van der Waals surface area contributed by atoms with Crippen LogP contribution >= 0.6 is 0 Å². The zero-order chi connectivity index (χ0) is 29.4. The smallest absolute Gasteiger partial charge is 0.407 e. The number of hydrogen-bond donors (Lipinski definition) is 4. The molecule has 0 saturated heterocycles. The van der Waals surface area contributed by atoms with Crippen LogP contribution in [0.15, 0.2) is 48.5 Å². The van der Waals surface area contributed by atoms with Gasteiger partial charge in [0.05, 0.1) is 17.6 Å². The topological polar surface area (TPSA) is 134 Å². The third-order valence-corrected chi connectivity index (χ3v) is 7.08. The number of ether oxygens (including phenoxy) is 2. The van der Waals surface area contributed by atoms with Crippen molar-refractivity contribution in [1.82, 2.24) is 20.6 Å². The van der Waals surface area contributed by atoms with E-state index in [1.165, 1.54) is 0 Å². The van der Waals surface area contributed by atoms with Gasteiger partial charge in [0, 0.05) is 24.6 Å². The van der Waals surface area contributed by atoms with Gasteiger partial charge in [0.15, 0.2) is 0 Å². The third kappa shape index (κ3) is 8.96. The van der Waals surface area contributed by atoms with Crippen LogP contribution in [0.5, 0.6) is 6.01 Å². The van der Waals surface area contributed by atoms with E-state index in [9.17, 15) is 14.4 Å². The number of fused-ring (bicyclic) bond motifs is 1. The Hall–Kier alpha value is -4.08. The second kappa shape index (κ2) is 13.5. The first-order valence-electron chi connectivity index (χ1n) is 14.3. The number of aromatic amines is 1. The van der Waals surface area contributed by atoms with Crippen molar-refractivity contribution in [2.45, 2.75) is 71.4 Å². The molecule has 220 valence electrons. The van der Waals surface area contributed by atoms with Crippen molar-refractivity contribution in [2.75, 3.05) is 18.5 Å². The van der Waals surface area contributed by atoms with E-state index in [2.05, 4.69) is 25.9 Å². The first-order chi connectivity index (χ1) is 19.6. The number of amides is 3. The Morgan fingerprint density at radius 2 is 1.78 bits per heavy atom. The molecule has 0 bridgehead atoms. The molecule has 1 saturated carbocycles. The zero-order valence-electron chi connectivity index (χ0n) is 24.3. The molecule has 1 heterocycles. The molecule has 0 radical (unpaired) electrons. The molecule has 0 spiro atoms. The van der Waals surface area contributed by atoms with Crippen molar-refractivity contribution in [3.8, 4) is 6.01 Å². The van der Waals surface area contributed by atoms with Crippen molar-refractivity contribution in [2.24, 2.45) is 11.8 Å². The molecule has 3 amide bonds. The summed E-state index contributed by atoms with van der Waals surface area (Å²) in [7, 11) is 0. The maximum Gasteiger partial charge on any atom is 0.407 e. The Labute approximate surface area is 241 Å². The van der Waals surface area contributed by atoms with E-state index in [4.69, 9.17) is 9.47 Å². The zero-order valence-corrected chi connectivity index (χ0v) is 24.3. The number of nitrogens with zero attached hydrogens (tertiary/aromatic N) is 1. The summed E-state index contributed by atoms with van der Waals surface area (Å²) in [6.07, 6.45) is 2.98. The molecule has 0 unspecified atom stereocenters. The molecule has 1 aromatic heterocycles. The summed E-state index contributed by atoms with van der Waals surface area (Å²) in [5.74, 6) is -0.306. The summed E-state index contributed by atoms with van der Waals surface area (Å²) in [5.41, 5.74) is 2.49. The Morgan fingerprint density at radius 3 is 2.46 bits per heavy atom. The molecule has 10 heteroatoms. The lowest BCUT2D eigenvalue weighted by Gasteiger charge is -2.29. The Kier molecular flexibility index (Phi) is 9.86. The first kappa shape index (κ1) is 29.9. The van der Waals surface area contributed by atoms with Gasteiger partial charge >= 0.3 is 6.09 Å². The van der Waals surface area contributed by atoms with Crippen LogP contribution < -0.4 is 20.7 Å². The number of nitrogens with one attached hydrogen (secondary N) is 4. The molecule has 1 atom stereocenters. The largest absolute Gasteiger partial charge is 0.465 e. The van der Waals surface area contributed by atoms with Crippen LogP contribution in [0.3, 0.4) is 0 Å². The van der Waals surface area contributed by atoms with Crippen LogP contribution in [0.4, 0.5) is 10.5 Å². The summed E-state index contributed by atoms with van der Waals surface area (Å²) in [6.45, 7) is 8.40. The second-order valence-electron chi connectivity index (χ2n) is 11.5. The Morgan fingerprint density at radius 1 is 1.05 bits per heavy atom. The molecule has 1 aliphatic rings. The molecule has 41 heavy (non-hydrogen) atoms. The van der Waals surface area contributed by atoms with Crippen LogP contribution in [0.1, 0.15) is 58.9 Å². The Bertz CT molecular complexity index is 1330. The fourth-order valence-electron chi connectivity index (χ4n) is 5.02. The van der Waals surface area contributed by atoms with E-state index in [-0.39, 0.29) is 23.7 Å². The summed E-state index contributed by atoms with van der Waals surface area (Å²) < 4.78 is 10.8. The lowest BCUT2D eigenvalue weighted by molar-refractivity contribution is -0.130. The van der Waals surface area contributed by atoms with Gasteiger partial charge in [-0.2, -0.15) is 4.98 Å². The standard InChI is InChI=1S/C31H41N5O5/c1-5-40-29-35-24-16-15-23(18-25(24)36-29)33-28(38)26(17-20-9-7-6-8-10-20)34-27(37)22-13-11-21(12-14-22)19-32-30(39)41-31(2,3)4/h6-10,15-16,18,21-22,26H,5,11-14,17,19H2,1-4H3,(H,32,39)(H,33,38)(H,34,37)(H,35,36)/t21?,22?,26-/m0/s1. The van der Waals surface area contributed by atoms with Crippen LogP contribution in [-0.4, -0.2) is 52.7 Å². The van der Waals surface area contributed by atoms with E-state index in [0.29, 0.717) is 44.1 Å². The predicted molar refractivity (Wildman–Crippen MR) is 158 cm³/mol. The number of alkyl carbamates (subject to hydrolysis) is 1. The number of imidazole rings is 1. The molecule has 2 aromatic carbocycles. The van der Waals surface area contributed by atoms with Crippen LogP contribution in [-0.2, 0) is 20.7 Å². The minimum atomic E-state index is -0.743. The van der Waals surface area contributed by atoms with Crippen LogP contribution in [0, 0.1) is 11.8 Å². The van der Waals surface area contributed by atoms with E-state index in [1.807, 2.05) is 64.1 Å². The van der Waals surface area contributed by atoms with Gasteiger partial charge in [-0.1, -0.05) is 30.3 Å². The summed E-state index contributed by atoms with van der Waals surface area (Å²) in [4.78, 5) is 46.2. The number of aromatic nitrogens is 2. The highest BCUT2D eigenvalue weighted by Crippen LogP contribution is 2.29.